The lowest BCUT2D eigenvalue weighted by molar-refractivity contribution is 0.812. The van der Waals surface area contributed by atoms with Gasteiger partial charge >= 0.3 is 0 Å². The lowest BCUT2D eigenvalue weighted by atomic mass is 10.3. The smallest absolute Gasteiger partial charge is 0.200 e. The SMILES string of the molecule is Cc1cnc(NCCCN(C)c2ccccc2)[nH]1. The molecule has 1 aromatic heterocycles. The molecule has 96 valence electrons. The second-order valence-corrected chi connectivity index (χ2v) is 4.45. The van der Waals surface area contributed by atoms with Gasteiger partial charge in [-0.2, -0.15) is 0 Å². The van der Waals surface area contributed by atoms with E-state index in [2.05, 4.69) is 51.5 Å². The Kier molecular flexibility index (Phi) is 4.23. The third-order valence-electron chi connectivity index (χ3n) is 2.86. The van der Waals surface area contributed by atoms with Crippen LogP contribution in [-0.2, 0) is 0 Å². The largest absolute Gasteiger partial charge is 0.375 e. The molecule has 1 aromatic carbocycles. The van der Waals surface area contributed by atoms with Gasteiger partial charge in [0.2, 0.25) is 0 Å². The van der Waals surface area contributed by atoms with Crippen molar-refractivity contribution in [3.05, 3.63) is 42.2 Å². The Hall–Kier alpha value is -1.97. The monoisotopic (exact) mass is 244 g/mol. The van der Waals surface area contributed by atoms with Crippen molar-refractivity contribution < 1.29 is 0 Å². The van der Waals surface area contributed by atoms with E-state index in [9.17, 15) is 0 Å². The Morgan fingerprint density at radius 1 is 1.28 bits per heavy atom. The van der Waals surface area contributed by atoms with Crippen molar-refractivity contribution in [1.29, 1.82) is 0 Å². The molecule has 18 heavy (non-hydrogen) atoms. The van der Waals surface area contributed by atoms with Crippen LogP contribution in [0.25, 0.3) is 0 Å². The Labute approximate surface area is 108 Å². The molecule has 0 aliphatic carbocycles. The third-order valence-corrected chi connectivity index (χ3v) is 2.86. The summed E-state index contributed by atoms with van der Waals surface area (Å²) in [5.74, 6) is 0.856. The molecule has 4 heteroatoms. The van der Waals surface area contributed by atoms with Gasteiger partial charge in [0, 0.05) is 37.7 Å². The lowest BCUT2D eigenvalue weighted by Gasteiger charge is -2.19. The highest BCUT2D eigenvalue weighted by Crippen LogP contribution is 2.11. The van der Waals surface area contributed by atoms with Gasteiger partial charge in [0.05, 0.1) is 0 Å². The van der Waals surface area contributed by atoms with Crippen LogP contribution in [0, 0.1) is 6.92 Å². The van der Waals surface area contributed by atoms with Crippen molar-refractivity contribution in [1.82, 2.24) is 9.97 Å². The Bertz CT molecular complexity index is 464. The van der Waals surface area contributed by atoms with E-state index in [4.69, 9.17) is 0 Å². The maximum absolute atomic E-state index is 4.21. The number of hydrogen-bond donors (Lipinski definition) is 2. The average molecular weight is 244 g/mol. The normalized spacial score (nSPS) is 10.3. The van der Waals surface area contributed by atoms with Gasteiger partial charge in [0.15, 0.2) is 5.95 Å². The molecule has 0 unspecified atom stereocenters. The number of anilines is 2. The van der Waals surface area contributed by atoms with Crippen LogP contribution in [0.4, 0.5) is 11.6 Å². The summed E-state index contributed by atoms with van der Waals surface area (Å²) in [4.78, 5) is 9.63. The number of rotatable bonds is 6. The molecular weight excluding hydrogens is 224 g/mol. The van der Waals surface area contributed by atoms with E-state index in [1.54, 1.807) is 0 Å². The number of H-pyrrole nitrogens is 1. The Balaban J connectivity index is 1.69. The number of hydrogen-bond acceptors (Lipinski definition) is 3. The van der Waals surface area contributed by atoms with Crippen molar-refractivity contribution in [3.63, 3.8) is 0 Å². The molecule has 2 aromatic rings. The standard InChI is InChI=1S/C14H20N4/c1-12-11-16-14(17-12)15-9-6-10-18(2)13-7-4-3-5-8-13/h3-5,7-8,11H,6,9-10H2,1-2H3,(H2,15,16,17). The topological polar surface area (TPSA) is 44.0 Å². The summed E-state index contributed by atoms with van der Waals surface area (Å²) < 4.78 is 0. The van der Waals surface area contributed by atoms with E-state index in [1.807, 2.05) is 19.2 Å². The molecule has 0 fully saturated rings. The highest BCUT2D eigenvalue weighted by atomic mass is 15.1. The van der Waals surface area contributed by atoms with Gasteiger partial charge in [0.1, 0.15) is 0 Å². The van der Waals surface area contributed by atoms with Crippen molar-refractivity contribution in [3.8, 4) is 0 Å². The van der Waals surface area contributed by atoms with Crippen LogP contribution in [0.2, 0.25) is 0 Å². The van der Waals surface area contributed by atoms with E-state index in [0.29, 0.717) is 0 Å². The summed E-state index contributed by atoms with van der Waals surface area (Å²) in [6, 6.07) is 10.4. The molecule has 0 saturated carbocycles. The van der Waals surface area contributed by atoms with Gasteiger partial charge in [-0.15, -0.1) is 0 Å². The maximum atomic E-state index is 4.21. The second-order valence-electron chi connectivity index (χ2n) is 4.45. The van der Waals surface area contributed by atoms with E-state index >= 15 is 0 Å². The van der Waals surface area contributed by atoms with Crippen LogP contribution in [0.5, 0.6) is 0 Å². The first-order valence-corrected chi connectivity index (χ1v) is 6.27. The minimum absolute atomic E-state index is 0.856. The molecule has 2 N–H and O–H groups in total. The minimum atomic E-state index is 0.856. The average Bonchev–Trinajstić information content (AvgIpc) is 2.81. The first-order valence-electron chi connectivity index (χ1n) is 6.27. The Morgan fingerprint density at radius 2 is 2.06 bits per heavy atom. The van der Waals surface area contributed by atoms with Crippen LogP contribution in [0.3, 0.4) is 0 Å². The van der Waals surface area contributed by atoms with Crippen LogP contribution < -0.4 is 10.2 Å². The number of aryl methyl sites for hydroxylation is 1. The number of para-hydroxylation sites is 1. The number of aromatic nitrogens is 2. The zero-order valence-electron chi connectivity index (χ0n) is 11.0. The second kappa shape index (κ2) is 6.10. The molecule has 2 rings (SSSR count). The fourth-order valence-electron chi connectivity index (χ4n) is 1.84. The van der Waals surface area contributed by atoms with Gasteiger partial charge in [0.25, 0.3) is 0 Å². The quantitative estimate of drug-likeness (QED) is 0.768. The number of aromatic amines is 1. The Morgan fingerprint density at radius 3 is 2.72 bits per heavy atom. The summed E-state index contributed by atoms with van der Waals surface area (Å²) in [6.45, 7) is 3.95. The predicted molar refractivity (Wildman–Crippen MR) is 76.1 cm³/mol. The zero-order valence-corrected chi connectivity index (χ0v) is 11.0. The van der Waals surface area contributed by atoms with Crippen LogP contribution >= 0.6 is 0 Å². The first-order chi connectivity index (χ1) is 8.75. The fourth-order valence-corrected chi connectivity index (χ4v) is 1.84. The van der Waals surface area contributed by atoms with Crippen molar-refractivity contribution in [2.45, 2.75) is 13.3 Å². The summed E-state index contributed by atoms with van der Waals surface area (Å²) in [6.07, 6.45) is 2.91. The van der Waals surface area contributed by atoms with Crippen molar-refractivity contribution >= 4 is 11.6 Å². The van der Waals surface area contributed by atoms with E-state index < -0.39 is 0 Å². The summed E-state index contributed by atoms with van der Waals surface area (Å²) in [5, 5.41) is 3.28. The summed E-state index contributed by atoms with van der Waals surface area (Å²) in [7, 11) is 2.12. The van der Waals surface area contributed by atoms with Gasteiger partial charge in [-0.25, -0.2) is 4.98 Å². The molecule has 0 spiro atoms. The van der Waals surface area contributed by atoms with Gasteiger partial charge < -0.3 is 15.2 Å². The highest BCUT2D eigenvalue weighted by molar-refractivity contribution is 5.44. The summed E-state index contributed by atoms with van der Waals surface area (Å²) >= 11 is 0. The van der Waals surface area contributed by atoms with Crippen molar-refractivity contribution in [2.75, 3.05) is 30.4 Å². The number of benzene rings is 1. The van der Waals surface area contributed by atoms with Crippen molar-refractivity contribution in [2.24, 2.45) is 0 Å². The number of nitrogens with one attached hydrogen (secondary N) is 2. The van der Waals surface area contributed by atoms with Crippen LogP contribution in [-0.4, -0.2) is 30.1 Å². The van der Waals surface area contributed by atoms with E-state index in [0.717, 1.165) is 31.2 Å². The molecule has 4 nitrogen and oxygen atoms in total. The molecule has 0 radical (unpaired) electrons. The highest BCUT2D eigenvalue weighted by Gasteiger charge is 2.00. The van der Waals surface area contributed by atoms with E-state index in [-0.39, 0.29) is 0 Å². The maximum Gasteiger partial charge on any atom is 0.200 e. The van der Waals surface area contributed by atoms with Crippen LogP contribution in [0.1, 0.15) is 12.1 Å². The van der Waals surface area contributed by atoms with Gasteiger partial charge in [-0.05, 0) is 25.5 Å². The third kappa shape index (κ3) is 3.52. The number of nitrogens with zero attached hydrogens (tertiary/aromatic N) is 2. The zero-order chi connectivity index (χ0) is 12.8. The molecule has 0 aliphatic heterocycles. The molecule has 0 bridgehead atoms. The molecular formula is C14H20N4. The van der Waals surface area contributed by atoms with E-state index in [1.165, 1.54) is 5.69 Å². The minimum Gasteiger partial charge on any atom is -0.375 e. The molecule has 0 atom stereocenters. The lowest BCUT2D eigenvalue weighted by Crippen LogP contribution is -2.20. The molecule has 0 amide bonds. The van der Waals surface area contributed by atoms with Gasteiger partial charge in [-0.1, -0.05) is 18.2 Å². The van der Waals surface area contributed by atoms with Crippen LogP contribution in [0.15, 0.2) is 36.5 Å². The molecule has 1 heterocycles. The predicted octanol–water partition coefficient (Wildman–Crippen LogP) is 2.66. The number of imidazole rings is 1. The summed E-state index contributed by atoms with van der Waals surface area (Å²) in [5.41, 5.74) is 2.34. The fraction of sp³-hybridized carbons (Fsp3) is 0.357. The molecule has 0 aliphatic rings. The van der Waals surface area contributed by atoms with Gasteiger partial charge in [-0.3, -0.25) is 0 Å². The first kappa shape index (κ1) is 12.5. The molecule has 0 saturated heterocycles.